The third-order valence-corrected chi connectivity index (χ3v) is 5.58. The zero-order valence-electron chi connectivity index (χ0n) is 15.8. The molecule has 0 saturated carbocycles. The number of anilines is 1. The number of halogens is 5. The van der Waals surface area contributed by atoms with E-state index in [4.69, 9.17) is 23.2 Å². The highest BCUT2D eigenvalue weighted by atomic mass is 35.5. The molecule has 0 aliphatic carbocycles. The molecule has 1 heterocycles. The molecule has 0 saturated heterocycles. The van der Waals surface area contributed by atoms with Crippen LogP contribution in [-0.4, -0.2) is 26.4 Å². The van der Waals surface area contributed by atoms with Gasteiger partial charge in [0.05, 0.1) is 22.0 Å². The van der Waals surface area contributed by atoms with Gasteiger partial charge in [-0.25, -0.2) is 0 Å². The number of amides is 1. The van der Waals surface area contributed by atoms with Crippen molar-refractivity contribution in [2.45, 2.75) is 17.9 Å². The normalized spacial score (nSPS) is 11.4. The number of benzene rings is 2. The predicted molar refractivity (Wildman–Crippen MR) is 116 cm³/mol. The smallest absolute Gasteiger partial charge is 0.324 e. The lowest BCUT2D eigenvalue weighted by molar-refractivity contribution is -0.137. The van der Waals surface area contributed by atoms with E-state index >= 15 is 0 Å². The van der Waals surface area contributed by atoms with Crippen molar-refractivity contribution in [3.8, 4) is 11.4 Å². The molecule has 1 N–H and O–H groups in total. The van der Waals surface area contributed by atoms with Crippen molar-refractivity contribution < 1.29 is 18.0 Å². The van der Waals surface area contributed by atoms with Gasteiger partial charge in [-0.15, -0.1) is 16.8 Å². The van der Waals surface area contributed by atoms with Crippen LogP contribution in [0.1, 0.15) is 5.56 Å². The predicted octanol–water partition coefficient (Wildman–Crippen LogP) is 6.19. The molecular weight excluding hydrogens is 472 g/mol. The minimum atomic E-state index is -4.65. The third kappa shape index (κ3) is 5.61. The minimum absolute atomic E-state index is 0.196. The first-order valence-corrected chi connectivity index (χ1v) is 10.5. The second-order valence-electron chi connectivity index (χ2n) is 6.21. The van der Waals surface area contributed by atoms with Gasteiger partial charge < -0.3 is 5.32 Å². The molecule has 3 aromatic rings. The zero-order valence-corrected chi connectivity index (χ0v) is 18.1. The minimum Gasteiger partial charge on any atom is -0.324 e. The molecule has 0 aliphatic rings. The standard InChI is InChI=1S/C20H15Cl2F3N4OS/c1-2-10-29-18(12-6-8-13(21)9-7-12)27-28-19(29)31-11-16(30)26-17-14(20(23,24)25)4-3-5-15(17)22/h2-9H,1,10-11H2,(H,26,30). The SMILES string of the molecule is C=CCn1c(SCC(=O)Nc2c(Cl)cccc2C(F)(F)F)nnc1-c1ccc(Cl)cc1. The zero-order chi connectivity index (χ0) is 22.6. The molecule has 1 amide bonds. The number of hydrogen-bond donors (Lipinski definition) is 1. The maximum atomic E-state index is 13.2. The van der Waals surface area contributed by atoms with E-state index in [0.717, 1.165) is 23.4 Å². The second kappa shape index (κ2) is 9.76. The number of hydrogen-bond acceptors (Lipinski definition) is 4. The van der Waals surface area contributed by atoms with Crippen LogP contribution in [0.2, 0.25) is 10.0 Å². The fourth-order valence-corrected chi connectivity index (χ4v) is 3.79. The van der Waals surface area contributed by atoms with E-state index < -0.39 is 23.3 Å². The molecule has 0 bridgehead atoms. The quantitative estimate of drug-likeness (QED) is 0.319. The van der Waals surface area contributed by atoms with Gasteiger partial charge in [0.25, 0.3) is 0 Å². The fraction of sp³-hybridized carbons (Fsp3) is 0.150. The van der Waals surface area contributed by atoms with Crippen LogP contribution in [0.3, 0.4) is 0 Å². The Kier molecular flexibility index (Phi) is 7.30. The highest BCUT2D eigenvalue weighted by Crippen LogP contribution is 2.38. The molecule has 31 heavy (non-hydrogen) atoms. The monoisotopic (exact) mass is 486 g/mol. The van der Waals surface area contributed by atoms with Gasteiger partial charge in [0.1, 0.15) is 0 Å². The Bertz CT molecular complexity index is 1100. The van der Waals surface area contributed by atoms with Crippen molar-refractivity contribution in [1.29, 1.82) is 0 Å². The number of para-hydroxylation sites is 1. The lowest BCUT2D eigenvalue weighted by atomic mass is 10.1. The van der Waals surface area contributed by atoms with Gasteiger partial charge in [-0.3, -0.25) is 9.36 Å². The topological polar surface area (TPSA) is 59.8 Å². The summed E-state index contributed by atoms with van der Waals surface area (Å²) in [6, 6.07) is 10.3. The number of rotatable bonds is 7. The summed E-state index contributed by atoms with van der Waals surface area (Å²) in [5, 5.41) is 11.3. The Morgan fingerprint density at radius 2 is 1.87 bits per heavy atom. The van der Waals surface area contributed by atoms with E-state index in [-0.39, 0.29) is 10.8 Å². The van der Waals surface area contributed by atoms with Crippen LogP contribution < -0.4 is 5.32 Å². The molecule has 0 atom stereocenters. The largest absolute Gasteiger partial charge is 0.418 e. The maximum Gasteiger partial charge on any atom is 0.418 e. The number of nitrogens with zero attached hydrogens (tertiary/aromatic N) is 3. The number of nitrogens with one attached hydrogen (secondary N) is 1. The van der Waals surface area contributed by atoms with Crippen LogP contribution in [0.25, 0.3) is 11.4 Å². The van der Waals surface area contributed by atoms with E-state index in [9.17, 15) is 18.0 Å². The van der Waals surface area contributed by atoms with E-state index in [2.05, 4.69) is 22.1 Å². The summed E-state index contributed by atoms with van der Waals surface area (Å²) in [5.74, 6) is -0.312. The van der Waals surface area contributed by atoms with Gasteiger partial charge in [0, 0.05) is 17.1 Å². The Labute approximate surface area is 190 Å². The second-order valence-corrected chi connectivity index (χ2v) is 8.00. The fourth-order valence-electron chi connectivity index (χ4n) is 2.69. The summed E-state index contributed by atoms with van der Waals surface area (Å²) in [6.07, 6.45) is -3.01. The van der Waals surface area contributed by atoms with E-state index in [1.807, 2.05) is 0 Å². The number of carbonyl (C=O) groups is 1. The van der Waals surface area contributed by atoms with Crippen molar-refractivity contribution in [1.82, 2.24) is 14.8 Å². The highest BCUT2D eigenvalue weighted by molar-refractivity contribution is 7.99. The van der Waals surface area contributed by atoms with E-state index in [0.29, 0.717) is 22.5 Å². The number of alkyl halides is 3. The molecule has 0 spiro atoms. The van der Waals surface area contributed by atoms with Crippen molar-refractivity contribution in [2.75, 3.05) is 11.1 Å². The lowest BCUT2D eigenvalue weighted by Gasteiger charge is -2.15. The van der Waals surface area contributed by atoms with Crippen LogP contribution in [0.4, 0.5) is 18.9 Å². The summed E-state index contributed by atoms with van der Waals surface area (Å²) in [7, 11) is 0. The van der Waals surface area contributed by atoms with Crippen LogP contribution >= 0.6 is 35.0 Å². The molecule has 3 rings (SSSR count). The lowest BCUT2D eigenvalue weighted by Crippen LogP contribution is -2.19. The van der Waals surface area contributed by atoms with Gasteiger partial charge in [-0.1, -0.05) is 47.1 Å². The molecule has 162 valence electrons. The first-order valence-electron chi connectivity index (χ1n) is 8.79. The van der Waals surface area contributed by atoms with Crippen LogP contribution in [0, 0.1) is 0 Å². The Morgan fingerprint density at radius 3 is 2.52 bits per heavy atom. The summed E-state index contributed by atoms with van der Waals surface area (Å²) in [6.45, 7) is 4.08. The maximum absolute atomic E-state index is 13.2. The van der Waals surface area contributed by atoms with E-state index in [1.165, 1.54) is 12.1 Å². The number of thioether (sulfide) groups is 1. The molecule has 11 heteroatoms. The number of allylic oxidation sites excluding steroid dienone is 1. The van der Waals surface area contributed by atoms with Crippen molar-refractivity contribution in [3.63, 3.8) is 0 Å². The average Bonchev–Trinajstić information content (AvgIpc) is 3.10. The first kappa shape index (κ1) is 23.2. The molecule has 2 aromatic carbocycles. The highest BCUT2D eigenvalue weighted by Gasteiger charge is 2.34. The first-order chi connectivity index (χ1) is 14.7. The molecule has 0 aliphatic heterocycles. The van der Waals surface area contributed by atoms with Crippen molar-refractivity contribution in [2.24, 2.45) is 0 Å². The average molecular weight is 487 g/mol. The van der Waals surface area contributed by atoms with Gasteiger partial charge in [-0.2, -0.15) is 13.2 Å². The molecule has 5 nitrogen and oxygen atoms in total. The van der Waals surface area contributed by atoms with Crippen molar-refractivity contribution in [3.05, 3.63) is 70.7 Å². The summed E-state index contributed by atoms with van der Waals surface area (Å²) in [4.78, 5) is 12.4. The molecule has 0 unspecified atom stereocenters. The van der Waals surface area contributed by atoms with E-state index in [1.54, 1.807) is 34.9 Å². The summed E-state index contributed by atoms with van der Waals surface area (Å²) >= 11 is 12.8. The van der Waals surface area contributed by atoms with Gasteiger partial charge in [-0.05, 0) is 36.4 Å². The van der Waals surface area contributed by atoms with Gasteiger partial charge in [0.15, 0.2) is 11.0 Å². The Balaban J connectivity index is 1.77. The van der Waals surface area contributed by atoms with Gasteiger partial charge in [0.2, 0.25) is 5.91 Å². The third-order valence-electron chi connectivity index (χ3n) is 4.05. The summed E-state index contributed by atoms with van der Waals surface area (Å²) < 4.78 is 41.3. The molecule has 1 aromatic heterocycles. The van der Waals surface area contributed by atoms with Crippen LogP contribution in [-0.2, 0) is 17.5 Å². The Morgan fingerprint density at radius 1 is 1.16 bits per heavy atom. The molecular formula is C20H15Cl2F3N4OS. The summed E-state index contributed by atoms with van der Waals surface area (Å²) in [5.41, 5.74) is -0.726. The number of aromatic nitrogens is 3. The number of carbonyl (C=O) groups excluding carboxylic acids is 1. The van der Waals surface area contributed by atoms with Gasteiger partial charge >= 0.3 is 6.18 Å². The molecule has 0 fully saturated rings. The van der Waals surface area contributed by atoms with Crippen LogP contribution in [0.15, 0.2) is 60.3 Å². The van der Waals surface area contributed by atoms with Crippen LogP contribution in [0.5, 0.6) is 0 Å². The molecule has 0 radical (unpaired) electrons. The Hall–Kier alpha value is -2.49. The van der Waals surface area contributed by atoms with Crippen molar-refractivity contribution >= 4 is 46.6 Å².